The van der Waals surface area contributed by atoms with Gasteiger partial charge in [0.15, 0.2) is 0 Å². The minimum atomic E-state index is 0. The zero-order valence-electron chi connectivity index (χ0n) is 9.03. The summed E-state index contributed by atoms with van der Waals surface area (Å²) in [5, 5.41) is 3.46. The van der Waals surface area contributed by atoms with Gasteiger partial charge in [-0.1, -0.05) is 69.7 Å². The predicted molar refractivity (Wildman–Crippen MR) is 83.4 cm³/mol. The summed E-state index contributed by atoms with van der Waals surface area (Å²) in [7, 11) is 0. The van der Waals surface area contributed by atoms with Crippen LogP contribution < -0.4 is 5.32 Å². The average Bonchev–Trinajstić information content (AvgIpc) is 2.06. The molecule has 0 fully saturated rings. The number of hydrogen-bond acceptors (Lipinski definition) is 1. The number of unbranched alkanes of at least 4 members (excludes halogenated alkanes) is 2. The van der Waals surface area contributed by atoms with Crippen LogP contribution in [-0.2, 0) is 0 Å². The van der Waals surface area contributed by atoms with Crippen LogP contribution in [0.25, 0.3) is 0 Å². The molecule has 0 aromatic heterocycles. The van der Waals surface area contributed by atoms with E-state index >= 15 is 0 Å². The molecule has 0 radical (unpaired) electrons. The third-order valence-electron chi connectivity index (χ3n) is 2.22. The normalized spacial score (nSPS) is 9.94. The molecule has 106 valence electrons. The quantitative estimate of drug-likeness (QED) is 0.528. The van der Waals surface area contributed by atoms with Crippen molar-refractivity contribution in [3.63, 3.8) is 0 Å². The summed E-state index contributed by atoms with van der Waals surface area (Å²) < 4.78 is 0. The van der Waals surface area contributed by atoms with Crippen molar-refractivity contribution in [3.8, 4) is 0 Å². The van der Waals surface area contributed by atoms with Crippen LogP contribution in [0.4, 0.5) is 0 Å². The van der Waals surface area contributed by atoms with Gasteiger partial charge in [0.2, 0.25) is 0 Å². The second-order valence-corrected chi connectivity index (χ2v) is 3.81. The van der Waals surface area contributed by atoms with Crippen molar-refractivity contribution in [2.24, 2.45) is 5.92 Å². The maximum atomic E-state index is 3.46. The molecule has 0 aliphatic heterocycles. The maximum absolute atomic E-state index is 3.46. The molecular formula is C15H41N. The van der Waals surface area contributed by atoms with Crippen LogP contribution in [0.3, 0.4) is 0 Å². The van der Waals surface area contributed by atoms with Crippen molar-refractivity contribution >= 4 is 0 Å². The van der Waals surface area contributed by atoms with E-state index in [-0.39, 0.29) is 29.7 Å². The molecule has 1 N–H and O–H groups in total. The van der Waals surface area contributed by atoms with Crippen molar-refractivity contribution in [1.29, 1.82) is 0 Å². The molecule has 0 aliphatic rings. The van der Waals surface area contributed by atoms with Crippen LogP contribution in [-0.4, -0.2) is 13.1 Å². The third-order valence-corrected chi connectivity index (χ3v) is 2.22. The van der Waals surface area contributed by atoms with Crippen molar-refractivity contribution < 1.29 is 0 Å². The molecule has 0 aromatic carbocycles. The Hall–Kier alpha value is -0.0400. The Morgan fingerprint density at radius 2 is 1.44 bits per heavy atom. The van der Waals surface area contributed by atoms with Crippen LogP contribution in [0.1, 0.15) is 82.6 Å². The maximum Gasteiger partial charge on any atom is -0.00232 e. The Balaban J connectivity index is -0.000000101. The van der Waals surface area contributed by atoms with Gasteiger partial charge in [0, 0.05) is 0 Å². The molecule has 0 bridgehead atoms. The molecule has 1 nitrogen and oxygen atoms in total. The van der Waals surface area contributed by atoms with Gasteiger partial charge in [-0.15, -0.1) is 0 Å². The first kappa shape index (κ1) is 29.7. The lowest BCUT2D eigenvalue weighted by Gasteiger charge is -2.11. The van der Waals surface area contributed by atoms with Gasteiger partial charge in [-0.3, -0.25) is 0 Å². The van der Waals surface area contributed by atoms with E-state index in [0.29, 0.717) is 0 Å². The lowest BCUT2D eigenvalue weighted by molar-refractivity contribution is 0.458. The molecule has 16 heavy (non-hydrogen) atoms. The molecule has 0 amide bonds. The standard InChI is InChI=1S/C11H25N.4CH4/c1-4-6-7-8-11(3)10-12-9-5-2;;;;/h11-12H,4-10H2,1-3H3;4*1H4. The topological polar surface area (TPSA) is 12.0 Å². The largest absolute Gasteiger partial charge is 0.316 e. The van der Waals surface area contributed by atoms with E-state index in [2.05, 4.69) is 26.1 Å². The highest BCUT2D eigenvalue weighted by Gasteiger charge is 1.99. The summed E-state index contributed by atoms with van der Waals surface area (Å²) in [5.41, 5.74) is 0. The molecule has 0 saturated heterocycles. The minimum Gasteiger partial charge on any atom is -0.316 e. The van der Waals surface area contributed by atoms with E-state index in [1.165, 1.54) is 45.2 Å². The fourth-order valence-corrected chi connectivity index (χ4v) is 1.37. The van der Waals surface area contributed by atoms with Crippen LogP contribution in [0.15, 0.2) is 0 Å². The van der Waals surface area contributed by atoms with Crippen molar-refractivity contribution in [3.05, 3.63) is 0 Å². The highest BCUT2D eigenvalue weighted by molar-refractivity contribution is 4.56. The summed E-state index contributed by atoms with van der Waals surface area (Å²) in [6, 6.07) is 0. The molecular weight excluding hydrogens is 194 g/mol. The SMILES string of the molecule is C.C.C.C.CCCCCC(C)CNCCC. The molecule has 0 aliphatic carbocycles. The van der Waals surface area contributed by atoms with Crippen molar-refractivity contribution in [2.45, 2.75) is 82.6 Å². The number of rotatable bonds is 8. The lowest BCUT2D eigenvalue weighted by atomic mass is 10.0. The van der Waals surface area contributed by atoms with Gasteiger partial charge in [-0.2, -0.15) is 0 Å². The Morgan fingerprint density at radius 1 is 0.875 bits per heavy atom. The van der Waals surface area contributed by atoms with Gasteiger partial charge < -0.3 is 5.32 Å². The second kappa shape index (κ2) is 24.3. The van der Waals surface area contributed by atoms with Crippen molar-refractivity contribution in [1.82, 2.24) is 5.32 Å². The monoisotopic (exact) mass is 235 g/mol. The average molecular weight is 235 g/mol. The number of nitrogens with one attached hydrogen (secondary N) is 1. The van der Waals surface area contributed by atoms with Gasteiger partial charge in [-0.25, -0.2) is 0 Å². The summed E-state index contributed by atoms with van der Waals surface area (Å²) in [6.07, 6.45) is 6.80. The fourth-order valence-electron chi connectivity index (χ4n) is 1.37. The molecule has 0 aromatic rings. The van der Waals surface area contributed by atoms with Gasteiger partial charge in [-0.05, 0) is 31.8 Å². The first-order valence-electron chi connectivity index (χ1n) is 5.52. The van der Waals surface area contributed by atoms with Crippen LogP contribution in [0.2, 0.25) is 0 Å². The Bertz CT molecular complexity index is 71.5. The van der Waals surface area contributed by atoms with E-state index in [1.54, 1.807) is 0 Å². The van der Waals surface area contributed by atoms with E-state index in [1.807, 2.05) is 0 Å². The lowest BCUT2D eigenvalue weighted by Crippen LogP contribution is -2.21. The van der Waals surface area contributed by atoms with E-state index in [9.17, 15) is 0 Å². The first-order valence-corrected chi connectivity index (χ1v) is 5.52. The second-order valence-electron chi connectivity index (χ2n) is 3.81. The highest BCUT2D eigenvalue weighted by atomic mass is 14.8. The van der Waals surface area contributed by atoms with Crippen LogP contribution >= 0.6 is 0 Å². The molecule has 0 rings (SSSR count). The minimum absolute atomic E-state index is 0. The smallest absolute Gasteiger partial charge is 0.00232 e. The van der Waals surface area contributed by atoms with Crippen LogP contribution in [0.5, 0.6) is 0 Å². The summed E-state index contributed by atoms with van der Waals surface area (Å²) in [4.78, 5) is 0. The van der Waals surface area contributed by atoms with Gasteiger partial charge >= 0.3 is 0 Å². The van der Waals surface area contributed by atoms with Crippen molar-refractivity contribution in [2.75, 3.05) is 13.1 Å². The van der Waals surface area contributed by atoms with Crippen LogP contribution in [0, 0.1) is 5.92 Å². The molecule has 1 heteroatoms. The molecule has 0 heterocycles. The van der Waals surface area contributed by atoms with E-state index in [4.69, 9.17) is 0 Å². The molecule has 0 spiro atoms. The fraction of sp³-hybridized carbons (Fsp3) is 1.00. The zero-order chi connectivity index (χ0) is 9.23. The van der Waals surface area contributed by atoms with E-state index < -0.39 is 0 Å². The Morgan fingerprint density at radius 3 is 1.88 bits per heavy atom. The summed E-state index contributed by atoms with van der Waals surface area (Å²) in [5.74, 6) is 0.864. The highest BCUT2D eigenvalue weighted by Crippen LogP contribution is 2.07. The first-order chi connectivity index (χ1) is 5.81. The van der Waals surface area contributed by atoms with Gasteiger partial charge in [0.05, 0.1) is 0 Å². The summed E-state index contributed by atoms with van der Waals surface area (Å²) >= 11 is 0. The van der Waals surface area contributed by atoms with Gasteiger partial charge in [0.1, 0.15) is 0 Å². The molecule has 1 atom stereocenters. The zero-order valence-corrected chi connectivity index (χ0v) is 9.03. The number of hydrogen-bond donors (Lipinski definition) is 1. The Labute approximate surface area is 107 Å². The molecule has 1 unspecified atom stereocenters. The predicted octanol–water partition coefficient (Wildman–Crippen LogP) is 5.75. The third kappa shape index (κ3) is 23.6. The Kier molecular flexibility index (Phi) is 45.1. The molecule has 0 saturated carbocycles. The van der Waals surface area contributed by atoms with E-state index in [0.717, 1.165) is 5.92 Å². The summed E-state index contributed by atoms with van der Waals surface area (Å²) in [6.45, 7) is 9.21. The van der Waals surface area contributed by atoms with Gasteiger partial charge in [0.25, 0.3) is 0 Å².